The van der Waals surface area contributed by atoms with Gasteiger partial charge in [0.1, 0.15) is 0 Å². The quantitative estimate of drug-likeness (QED) is 0.384. The molecule has 25 heavy (non-hydrogen) atoms. The molecule has 0 spiro atoms. The lowest BCUT2D eigenvalue weighted by Crippen LogP contribution is -2.43. The highest BCUT2D eigenvalue weighted by atomic mass is 16.5. The minimum Gasteiger partial charge on any atom is -0.481 e. The number of aliphatic carboxylic acids is 1. The Balaban J connectivity index is 2.36. The van der Waals surface area contributed by atoms with Gasteiger partial charge in [-0.15, -0.1) is 0 Å². The summed E-state index contributed by atoms with van der Waals surface area (Å²) in [5.74, 6) is -0.749. The number of carboxylic acid groups (broad SMARTS) is 1. The molecule has 0 bridgehead atoms. The zero-order chi connectivity index (χ0) is 18.5. The normalized spacial score (nSPS) is 19.5. The fraction of sp³-hybridized carbons (Fsp3) is 0.778. The minimum atomic E-state index is -0.875. The van der Waals surface area contributed by atoms with E-state index in [4.69, 9.17) is 14.6 Å². The van der Waals surface area contributed by atoms with Gasteiger partial charge in [0.25, 0.3) is 0 Å². The van der Waals surface area contributed by atoms with Crippen LogP contribution < -0.4 is 0 Å². The first kappa shape index (κ1) is 21.6. The summed E-state index contributed by atoms with van der Waals surface area (Å²) in [6, 6.07) is 0.0114. The molecular formula is C18H31NO6. The van der Waals surface area contributed by atoms with Crippen LogP contribution in [0.25, 0.3) is 0 Å². The molecule has 0 aromatic carbocycles. The van der Waals surface area contributed by atoms with Crippen molar-refractivity contribution in [2.75, 3.05) is 33.5 Å². The Morgan fingerprint density at radius 3 is 2.88 bits per heavy atom. The highest BCUT2D eigenvalue weighted by Gasteiger charge is 2.25. The number of aliphatic hydroxyl groups is 1. The van der Waals surface area contributed by atoms with E-state index in [0.717, 1.165) is 19.3 Å². The number of carbonyl (C=O) groups excluding carboxylic acids is 1. The summed E-state index contributed by atoms with van der Waals surface area (Å²) in [6.07, 6.45) is 7.60. The number of rotatable bonds is 13. The molecule has 0 radical (unpaired) electrons. The second-order valence-electron chi connectivity index (χ2n) is 6.24. The molecule has 1 aliphatic rings. The first-order valence-corrected chi connectivity index (χ1v) is 8.99. The fourth-order valence-corrected chi connectivity index (χ4v) is 2.83. The van der Waals surface area contributed by atoms with Crippen molar-refractivity contribution in [1.82, 2.24) is 4.90 Å². The molecule has 1 amide bonds. The van der Waals surface area contributed by atoms with Crippen LogP contribution in [0.5, 0.6) is 0 Å². The number of methoxy groups -OCH3 is 1. The second-order valence-corrected chi connectivity index (χ2v) is 6.24. The van der Waals surface area contributed by atoms with Gasteiger partial charge >= 0.3 is 5.97 Å². The standard InChI is InChI=1S/C18H31NO6/c1-24-12-3-6-16(20)9-8-15-5-2-7-17(21)19(15)11-4-13-25-14-10-18(22)23/h8-9,15-16,20H,2-7,10-14H2,1H3,(H,22,23)/b9-8+/t15-,16?/m1/s1. The van der Waals surface area contributed by atoms with Crippen molar-refractivity contribution in [2.45, 2.75) is 57.1 Å². The van der Waals surface area contributed by atoms with Crippen LogP contribution in [0.15, 0.2) is 12.2 Å². The molecule has 2 atom stereocenters. The van der Waals surface area contributed by atoms with E-state index in [1.807, 2.05) is 11.0 Å². The van der Waals surface area contributed by atoms with Crippen LogP contribution in [-0.4, -0.2) is 72.6 Å². The monoisotopic (exact) mass is 357 g/mol. The molecule has 0 aliphatic carbocycles. The zero-order valence-electron chi connectivity index (χ0n) is 15.1. The SMILES string of the molecule is COCCCC(O)/C=C/[C@H]1CCCC(=O)N1CCCOCCC(=O)O. The van der Waals surface area contributed by atoms with Crippen LogP contribution in [0.3, 0.4) is 0 Å². The number of piperidine rings is 1. The van der Waals surface area contributed by atoms with E-state index in [1.165, 1.54) is 0 Å². The first-order valence-electron chi connectivity index (χ1n) is 8.99. The Bertz CT molecular complexity index is 426. The van der Waals surface area contributed by atoms with Crippen LogP contribution in [0.2, 0.25) is 0 Å². The van der Waals surface area contributed by atoms with E-state index in [9.17, 15) is 14.7 Å². The lowest BCUT2D eigenvalue weighted by Gasteiger charge is -2.34. The number of aliphatic hydroxyl groups excluding tert-OH is 1. The van der Waals surface area contributed by atoms with Gasteiger partial charge in [0.15, 0.2) is 0 Å². The van der Waals surface area contributed by atoms with Crippen molar-refractivity contribution in [3.63, 3.8) is 0 Å². The molecule has 7 heteroatoms. The van der Waals surface area contributed by atoms with Crippen LogP contribution in [0.4, 0.5) is 0 Å². The van der Waals surface area contributed by atoms with Gasteiger partial charge in [0.2, 0.25) is 5.91 Å². The smallest absolute Gasteiger partial charge is 0.305 e. The number of carboxylic acids is 1. The van der Waals surface area contributed by atoms with E-state index in [2.05, 4.69) is 0 Å². The summed E-state index contributed by atoms with van der Waals surface area (Å²) in [4.78, 5) is 24.4. The molecular weight excluding hydrogens is 326 g/mol. The van der Waals surface area contributed by atoms with Gasteiger partial charge in [-0.05, 0) is 32.1 Å². The molecule has 144 valence electrons. The van der Waals surface area contributed by atoms with E-state index >= 15 is 0 Å². The lowest BCUT2D eigenvalue weighted by molar-refractivity contribution is -0.138. The molecule has 0 saturated carbocycles. The maximum Gasteiger partial charge on any atom is 0.305 e. The molecule has 7 nitrogen and oxygen atoms in total. The van der Waals surface area contributed by atoms with Crippen molar-refractivity contribution in [3.05, 3.63) is 12.2 Å². The summed E-state index contributed by atoms with van der Waals surface area (Å²) in [5, 5.41) is 18.5. The Labute approximate surface area is 149 Å². The maximum atomic E-state index is 12.2. The van der Waals surface area contributed by atoms with Gasteiger partial charge in [0, 0.05) is 33.3 Å². The number of carbonyl (C=O) groups is 2. The third kappa shape index (κ3) is 9.57. The fourth-order valence-electron chi connectivity index (χ4n) is 2.83. The maximum absolute atomic E-state index is 12.2. The Morgan fingerprint density at radius 1 is 1.36 bits per heavy atom. The topological polar surface area (TPSA) is 96.3 Å². The van der Waals surface area contributed by atoms with Crippen molar-refractivity contribution in [1.29, 1.82) is 0 Å². The average molecular weight is 357 g/mol. The van der Waals surface area contributed by atoms with E-state index in [-0.39, 0.29) is 25.0 Å². The number of likely N-dealkylation sites (tertiary alicyclic amines) is 1. The average Bonchev–Trinajstić information content (AvgIpc) is 2.57. The van der Waals surface area contributed by atoms with Crippen LogP contribution in [-0.2, 0) is 19.1 Å². The number of ether oxygens (including phenoxy) is 2. The molecule has 1 rings (SSSR count). The molecule has 0 aromatic rings. The molecule has 1 aliphatic heterocycles. The predicted octanol–water partition coefficient (Wildman–Crippen LogP) is 1.59. The minimum absolute atomic E-state index is 0.00499. The third-order valence-corrected chi connectivity index (χ3v) is 4.16. The van der Waals surface area contributed by atoms with Crippen LogP contribution >= 0.6 is 0 Å². The molecule has 1 heterocycles. The van der Waals surface area contributed by atoms with E-state index in [0.29, 0.717) is 39.0 Å². The Hall–Kier alpha value is -1.44. The van der Waals surface area contributed by atoms with E-state index < -0.39 is 12.1 Å². The predicted molar refractivity (Wildman–Crippen MR) is 93.3 cm³/mol. The van der Waals surface area contributed by atoms with Gasteiger partial charge in [-0.1, -0.05) is 12.2 Å². The van der Waals surface area contributed by atoms with Crippen molar-refractivity contribution in [3.8, 4) is 0 Å². The highest BCUT2D eigenvalue weighted by Crippen LogP contribution is 2.20. The van der Waals surface area contributed by atoms with Crippen molar-refractivity contribution < 1.29 is 29.3 Å². The Kier molecular flexibility index (Phi) is 11.1. The lowest BCUT2D eigenvalue weighted by atomic mass is 10.00. The summed E-state index contributed by atoms with van der Waals surface area (Å²) in [6.45, 7) is 1.84. The molecule has 0 aromatic heterocycles. The van der Waals surface area contributed by atoms with Gasteiger partial charge in [-0.3, -0.25) is 9.59 Å². The van der Waals surface area contributed by atoms with Gasteiger partial charge in [0.05, 0.1) is 25.2 Å². The Morgan fingerprint density at radius 2 is 2.16 bits per heavy atom. The first-order chi connectivity index (χ1) is 12.0. The van der Waals surface area contributed by atoms with Crippen molar-refractivity contribution in [2.24, 2.45) is 0 Å². The molecule has 1 saturated heterocycles. The number of nitrogens with zero attached hydrogens (tertiary/aromatic N) is 1. The van der Waals surface area contributed by atoms with Gasteiger partial charge in [-0.2, -0.15) is 0 Å². The number of amides is 1. The molecule has 1 unspecified atom stereocenters. The number of hydrogen-bond acceptors (Lipinski definition) is 5. The summed E-state index contributed by atoms with van der Waals surface area (Å²) < 4.78 is 10.2. The van der Waals surface area contributed by atoms with E-state index in [1.54, 1.807) is 13.2 Å². The zero-order valence-corrected chi connectivity index (χ0v) is 15.1. The molecule has 2 N–H and O–H groups in total. The largest absolute Gasteiger partial charge is 0.481 e. The van der Waals surface area contributed by atoms with Crippen molar-refractivity contribution >= 4 is 11.9 Å². The molecule has 1 fully saturated rings. The van der Waals surface area contributed by atoms with Crippen LogP contribution in [0.1, 0.15) is 44.9 Å². The summed E-state index contributed by atoms with van der Waals surface area (Å²) in [5.41, 5.74) is 0. The summed E-state index contributed by atoms with van der Waals surface area (Å²) in [7, 11) is 1.64. The highest BCUT2D eigenvalue weighted by molar-refractivity contribution is 5.77. The second kappa shape index (κ2) is 12.9. The third-order valence-electron chi connectivity index (χ3n) is 4.16. The van der Waals surface area contributed by atoms with Crippen LogP contribution in [0, 0.1) is 0 Å². The van der Waals surface area contributed by atoms with Gasteiger partial charge < -0.3 is 24.6 Å². The van der Waals surface area contributed by atoms with Gasteiger partial charge in [-0.25, -0.2) is 0 Å². The summed E-state index contributed by atoms with van der Waals surface area (Å²) >= 11 is 0. The number of hydrogen-bond donors (Lipinski definition) is 2.